The molecule has 1 fully saturated rings. The third kappa shape index (κ3) is 4.58. The first-order valence-electron chi connectivity index (χ1n) is 11.4. The van der Waals surface area contributed by atoms with E-state index in [1.807, 2.05) is 18.2 Å². The lowest BCUT2D eigenvalue weighted by Gasteiger charge is -2.42. The van der Waals surface area contributed by atoms with E-state index in [1.165, 1.54) is 6.20 Å². The van der Waals surface area contributed by atoms with E-state index >= 15 is 0 Å². The smallest absolute Gasteiger partial charge is 0.259 e. The van der Waals surface area contributed by atoms with Crippen molar-refractivity contribution in [2.75, 3.05) is 24.5 Å². The molecule has 0 aliphatic carbocycles. The van der Waals surface area contributed by atoms with Crippen LogP contribution in [0.25, 0.3) is 5.83 Å². The number of para-hydroxylation sites is 1. The summed E-state index contributed by atoms with van der Waals surface area (Å²) in [6.07, 6.45) is 4.64. The average Bonchev–Trinajstić information content (AvgIpc) is 3.11. The molecule has 3 heterocycles. The van der Waals surface area contributed by atoms with Crippen LogP contribution < -0.4 is 4.90 Å². The van der Waals surface area contributed by atoms with Crippen molar-refractivity contribution >= 4 is 52.2 Å². The van der Waals surface area contributed by atoms with Crippen molar-refractivity contribution in [1.82, 2.24) is 9.88 Å². The van der Waals surface area contributed by atoms with Crippen LogP contribution >= 0.6 is 34.8 Å². The first-order valence-corrected chi connectivity index (χ1v) is 12.6. The third-order valence-electron chi connectivity index (χ3n) is 6.97. The van der Waals surface area contributed by atoms with E-state index in [0.29, 0.717) is 22.7 Å². The molecule has 0 radical (unpaired) electrons. The van der Waals surface area contributed by atoms with E-state index in [-0.39, 0.29) is 22.3 Å². The number of hydrogen-bond donors (Lipinski definition) is 0. The van der Waals surface area contributed by atoms with E-state index in [1.54, 1.807) is 47.4 Å². The number of pyridine rings is 1. The van der Waals surface area contributed by atoms with Gasteiger partial charge < -0.3 is 0 Å². The lowest BCUT2D eigenvalue weighted by atomic mass is 9.74. The molecule has 1 saturated heterocycles. The van der Waals surface area contributed by atoms with Gasteiger partial charge in [-0.3, -0.25) is 14.6 Å². The number of fused-ring (bicyclic) bond motifs is 2. The second-order valence-corrected chi connectivity index (χ2v) is 10.1. The Morgan fingerprint density at radius 3 is 2.49 bits per heavy atom. The SMILES string of the molecule is O=C(c1ccnc(Cl)c1)N1c2ccccc2C2(CCN(C/C=C(\F)c3ccc(Cl)cc3)CC2)[C@@H]1Cl. The normalized spacial score (nSPS) is 19.7. The van der Waals surface area contributed by atoms with Crippen LogP contribution in [0.15, 0.2) is 72.9 Å². The predicted octanol–water partition coefficient (Wildman–Crippen LogP) is 6.96. The maximum Gasteiger partial charge on any atom is 0.259 e. The molecule has 4 nitrogen and oxygen atoms in total. The fourth-order valence-corrected chi connectivity index (χ4v) is 5.90. The molecule has 0 saturated carbocycles. The minimum Gasteiger partial charge on any atom is -0.299 e. The number of anilines is 1. The van der Waals surface area contributed by atoms with Crippen molar-refractivity contribution in [2.45, 2.75) is 23.8 Å². The highest BCUT2D eigenvalue weighted by Crippen LogP contribution is 2.53. The van der Waals surface area contributed by atoms with Crippen molar-refractivity contribution in [1.29, 1.82) is 0 Å². The molecule has 0 unspecified atom stereocenters. The van der Waals surface area contributed by atoms with E-state index in [0.717, 1.165) is 37.2 Å². The topological polar surface area (TPSA) is 36.4 Å². The summed E-state index contributed by atoms with van der Waals surface area (Å²) in [7, 11) is 0. The lowest BCUT2D eigenvalue weighted by molar-refractivity contribution is 0.0970. The molecule has 0 bridgehead atoms. The number of piperidine rings is 1. The number of amides is 1. The zero-order valence-corrected chi connectivity index (χ0v) is 21.1. The minimum atomic E-state index is -0.539. The number of carbonyl (C=O) groups excluding carboxylic acids is 1. The van der Waals surface area contributed by atoms with E-state index in [4.69, 9.17) is 34.8 Å². The van der Waals surface area contributed by atoms with Crippen molar-refractivity contribution in [3.63, 3.8) is 0 Å². The van der Waals surface area contributed by atoms with Gasteiger partial charge in [-0.25, -0.2) is 9.37 Å². The summed E-state index contributed by atoms with van der Waals surface area (Å²) in [6.45, 7) is 1.98. The molecule has 2 aromatic carbocycles. The summed E-state index contributed by atoms with van der Waals surface area (Å²) in [6, 6.07) is 17.8. The molecule has 35 heavy (non-hydrogen) atoms. The molecule has 3 aromatic rings. The molecular weight excluding hydrogens is 508 g/mol. The summed E-state index contributed by atoms with van der Waals surface area (Å²) < 4.78 is 14.6. The zero-order chi connectivity index (χ0) is 24.6. The summed E-state index contributed by atoms with van der Waals surface area (Å²) in [5.41, 5.74) is 1.95. The Kier molecular flexibility index (Phi) is 6.86. The summed E-state index contributed by atoms with van der Waals surface area (Å²) in [5.74, 6) is -0.467. The van der Waals surface area contributed by atoms with Gasteiger partial charge in [0.2, 0.25) is 0 Å². The highest BCUT2D eigenvalue weighted by Gasteiger charge is 2.53. The Labute approximate surface area is 218 Å². The summed E-state index contributed by atoms with van der Waals surface area (Å²) in [4.78, 5) is 21.3. The van der Waals surface area contributed by atoms with Crippen molar-refractivity contribution in [3.05, 3.63) is 99.8 Å². The summed E-state index contributed by atoms with van der Waals surface area (Å²) >= 11 is 19.0. The van der Waals surface area contributed by atoms with E-state index in [9.17, 15) is 9.18 Å². The number of rotatable bonds is 4. The van der Waals surface area contributed by atoms with Gasteiger partial charge in [0.15, 0.2) is 0 Å². The van der Waals surface area contributed by atoms with Crippen molar-refractivity contribution in [2.24, 2.45) is 0 Å². The molecule has 0 N–H and O–H groups in total. The van der Waals surface area contributed by atoms with E-state index in [2.05, 4.69) is 16.0 Å². The van der Waals surface area contributed by atoms with Crippen LogP contribution in [0.1, 0.15) is 34.3 Å². The van der Waals surface area contributed by atoms with Crippen LogP contribution in [0.5, 0.6) is 0 Å². The Morgan fingerprint density at radius 1 is 1.06 bits per heavy atom. The fraction of sp³-hybridized carbons (Fsp3) is 0.259. The third-order valence-corrected chi connectivity index (χ3v) is 8.04. The zero-order valence-electron chi connectivity index (χ0n) is 18.8. The van der Waals surface area contributed by atoms with Gasteiger partial charge in [-0.1, -0.05) is 65.1 Å². The molecule has 1 amide bonds. The number of likely N-dealkylation sites (tertiary alicyclic amines) is 1. The molecule has 1 spiro atoms. The molecule has 2 aliphatic rings. The second kappa shape index (κ2) is 9.90. The van der Waals surface area contributed by atoms with Crippen molar-refractivity contribution < 1.29 is 9.18 Å². The van der Waals surface area contributed by atoms with Crippen LogP contribution in [-0.2, 0) is 5.41 Å². The molecule has 2 aliphatic heterocycles. The van der Waals surface area contributed by atoms with Crippen molar-refractivity contribution in [3.8, 4) is 0 Å². The Hall–Kier alpha value is -2.44. The van der Waals surface area contributed by atoms with Gasteiger partial charge in [0.1, 0.15) is 16.5 Å². The van der Waals surface area contributed by atoms with Crippen LogP contribution in [0, 0.1) is 0 Å². The second-order valence-electron chi connectivity index (χ2n) is 8.91. The molecular formula is C27H23Cl3FN3O. The molecule has 8 heteroatoms. The van der Waals surface area contributed by atoms with Crippen LogP contribution in [0.2, 0.25) is 10.2 Å². The highest BCUT2D eigenvalue weighted by molar-refractivity contribution is 6.31. The van der Waals surface area contributed by atoms with Gasteiger partial charge in [0, 0.05) is 40.0 Å². The number of aromatic nitrogens is 1. The fourth-order valence-electron chi connectivity index (χ4n) is 5.07. The predicted molar refractivity (Wildman–Crippen MR) is 140 cm³/mol. The standard InChI is InChI=1S/C27H23Cl3FN3O/c28-20-7-5-18(6-8-20)22(31)10-14-33-15-11-27(12-16-33)21-3-1-2-4-23(21)34(26(27)30)25(35)19-9-13-32-24(29)17-19/h1-10,13,17,26H,11-12,14-16H2/b22-10-/t26-/m1/s1. The van der Waals surface area contributed by atoms with Gasteiger partial charge in [0.05, 0.1) is 0 Å². The van der Waals surface area contributed by atoms with Gasteiger partial charge in [-0.15, -0.1) is 0 Å². The first kappa shape index (κ1) is 24.3. The summed E-state index contributed by atoms with van der Waals surface area (Å²) in [5, 5.41) is 0.839. The molecule has 1 atom stereocenters. The monoisotopic (exact) mass is 529 g/mol. The quantitative estimate of drug-likeness (QED) is 0.208. The Bertz CT molecular complexity index is 1270. The number of alkyl halides is 1. The number of benzene rings is 2. The maximum absolute atomic E-state index is 14.6. The largest absolute Gasteiger partial charge is 0.299 e. The Morgan fingerprint density at radius 2 is 1.77 bits per heavy atom. The number of halogens is 4. The molecule has 180 valence electrons. The number of carbonyl (C=O) groups is 1. The van der Waals surface area contributed by atoms with E-state index < -0.39 is 5.50 Å². The maximum atomic E-state index is 14.6. The van der Waals surface area contributed by atoms with Crippen LogP contribution in [0.3, 0.4) is 0 Å². The van der Waals surface area contributed by atoms with Gasteiger partial charge in [-0.05, 0) is 67.9 Å². The molecule has 1 aromatic heterocycles. The Balaban J connectivity index is 1.34. The van der Waals surface area contributed by atoms with Gasteiger partial charge in [0.25, 0.3) is 5.91 Å². The average molecular weight is 531 g/mol. The first-order chi connectivity index (χ1) is 16.9. The highest BCUT2D eigenvalue weighted by atomic mass is 35.5. The number of hydrogen-bond acceptors (Lipinski definition) is 3. The van der Waals surface area contributed by atoms with Gasteiger partial charge >= 0.3 is 0 Å². The van der Waals surface area contributed by atoms with Gasteiger partial charge in [-0.2, -0.15) is 0 Å². The molecule has 5 rings (SSSR count). The lowest BCUT2D eigenvalue weighted by Crippen LogP contribution is -2.50. The number of nitrogens with zero attached hydrogens (tertiary/aromatic N) is 3. The van der Waals surface area contributed by atoms with Crippen LogP contribution in [0.4, 0.5) is 10.1 Å². The minimum absolute atomic E-state index is 0.200. The van der Waals surface area contributed by atoms with Crippen LogP contribution in [-0.4, -0.2) is 40.9 Å².